The predicted molar refractivity (Wildman–Crippen MR) is 148 cm³/mol. The van der Waals surface area contributed by atoms with E-state index in [0.29, 0.717) is 55.1 Å². The SMILES string of the molecule is COc1cc(CS(=O)(=O)c2cccc3cccnc23)ccc1C(=O)N1CCN(Cc2ccc(Cl)c(F)c2)CC1. The Balaban J connectivity index is 1.27. The van der Waals surface area contributed by atoms with Gasteiger partial charge in [0.15, 0.2) is 9.84 Å². The molecule has 0 atom stereocenters. The first kappa shape index (κ1) is 27.1. The molecule has 1 aliphatic rings. The first-order valence-electron chi connectivity index (χ1n) is 12.4. The van der Waals surface area contributed by atoms with E-state index in [1.54, 1.807) is 59.6 Å². The number of fused-ring (bicyclic) bond motifs is 1. The molecule has 1 amide bonds. The largest absolute Gasteiger partial charge is 0.496 e. The van der Waals surface area contributed by atoms with Crippen LogP contribution in [0.3, 0.4) is 0 Å². The molecule has 0 aliphatic carbocycles. The Morgan fingerprint density at radius 3 is 2.49 bits per heavy atom. The number of benzene rings is 3. The maximum absolute atomic E-state index is 13.8. The third-order valence-corrected chi connectivity index (χ3v) is 8.85. The Hall–Kier alpha value is -3.53. The number of rotatable bonds is 7. The Kier molecular flexibility index (Phi) is 7.83. The van der Waals surface area contributed by atoms with Gasteiger partial charge in [-0.25, -0.2) is 12.8 Å². The average Bonchev–Trinajstić information content (AvgIpc) is 2.94. The zero-order valence-corrected chi connectivity index (χ0v) is 22.9. The molecular weight excluding hydrogens is 541 g/mol. The molecule has 4 aromatic rings. The number of carbonyl (C=O) groups is 1. The summed E-state index contributed by atoms with van der Waals surface area (Å²) in [5.41, 5.74) is 2.14. The number of hydrogen-bond acceptors (Lipinski definition) is 6. The summed E-state index contributed by atoms with van der Waals surface area (Å²) in [7, 11) is -2.24. The molecule has 2 heterocycles. The normalized spacial score (nSPS) is 14.5. The lowest BCUT2D eigenvalue weighted by molar-refractivity contribution is 0.0625. The molecule has 1 aliphatic heterocycles. The van der Waals surface area contributed by atoms with Crippen molar-refractivity contribution in [3.63, 3.8) is 0 Å². The minimum absolute atomic E-state index is 0.0947. The summed E-state index contributed by atoms with van der Waals surface area (Å²) in [6, 6.07) is 18.3. The van der Waals surface area contributed by atoms with Crippen LogP contribution >= 0.6 is 11.6 Å². The Morgan fingerprint density at radius 1 is 1.00 bits per heavy atom. The highest BCUT2D eigenvalue weighted by Crippen LogP contribution is 2.28. The second-order valence-corrected chi connectivity index (χ2v) is 11.8. The number of piperazine rings is 1. The first-order valence-corrected chi connectivity index (χ1v) is 14.5. The number of para-hydroxylation sites is 1. The minimum atomic E-state index is -3.71. The van der Waals surface area contributed by atoms with Crippen molar-refractivity contribution in [2.24, 2.45) is 0 Å². The van der Waals surface area contributed by atoms with Crippen molar-refractivity contribution in [2.75, 3.05) is 33.3 Å². The summed E-state index contributed by atoms with van der Waals surface area (Å²) < 4.78 is 45.9. The number of hydrogen-bond donors (Lipinski definition) is 0. The number of nitrogens with zero attached hydrogens (tertiary/aromatic N) is 3. The molecule has 0 unspecified atom stereocenters. The number of halogens is 2. The third kappa shape index (κ3) is 5.90. The molecule has 10 heteroatoms. The van der Waals surface area contributed by atoms with Crippen LogP contribution in [-0.4, -0.2) is 62.4 Å². The fourth-order valence-electron chi connectivity index (χ4n) is 4.80. The van der Waals surface area contributed by atoms with Gasteiger partial charge >= 0.3 is 0 Å². The van der Waals surface area contributed by atoms with E-state index >= 15 is 0 Å². The van der Waals surface area contributed by atoms with Gasteiger partial charge in [-0.1, -0.05) is 41.9 Å². The smallest absolute Gasteiger partial charge is 0.257 e. The van der Waals surface area contributed by atoms with Crippen molar-refractivity contribution >= 4 is 38.2 Å². The van der Waals surface area contributed by atoms with Crippen LogP contribution in [0.1, 0.15) is 21.5 Å². The van der Waals surface area contributed by atoms with Crippen molar-refractivity contribution in [1.29, 1.82) is 0 Å². The van der Waals surface area contributed by atoms with Crippen LogP contribution in [0.4, 0.5) is 4.39 Å². The molecule has 0 saturated carbocycles. The standard InChI is InChI=1S/C29H27ClFN3O4S/c1-38-26-17-21(19-39(36,37)27-6-2-4-22-5-3-11-32-28(22)27)7-9-23(26)29(35)34-14-12-33(13-15-34)18-20-8-10-24(30)25(31)16-20/h2-11,16-17H,12-15,18-19H2,1H3. The molecule has 7 nitrogen and oxygen atoms in total. The monoisotopic (exact) mass is 567 g/mol. The summed E-state index contributed by atoms with van der Waals surface area (Å²) in [6.07, 6.45) is 1.57. The fourth-order valence-corrected chi connectivity index (χ4v) is 6.44. The Bertz CT molecular complexity index is 1630. The van der Waals surface area contributed by atoms with Crippen LogP contribution < -0.4 is 4.74 Å². The highest BCUT2D eigenvalue weighted by atomic mass is 35.5. The van der Waals surface area contributed by atoms with E-state index in [0.717, 1.165) is 10.9 Å². The van der Waals surface area contributed by atoms with Crippen LogP contribution in [0.2, 0.25) is 5.02 Å². The summed E-state index contributed by atoms with van der Waals surface area (Å²) in [4.78, 5) is 21.7. The molecule has 3 aromatic carbocycles. The third-order valence-electron chi connectivity index (χ3n) is 6.83. The van der Waals surface area contributed by atoms with Gasteiger partial charge < -0.3 is 9.64 Å². The van der Waals surface area contributed by atoms with Crippen molar-refractivity contribution < 1.29 is 22.3 Å². The van der Waals surface area contributed by atoms with Gasteiger partial charge in [0.05, 0.1) is 33.9 Å². The number of ether oxygens (including phenoxy) is 1. The molecule has 0 N–H and O–H groups in total. The van der Waals surface area contributed by atoms with Gasteiger partial charge in [0.25, 0.3) is 5.91 Å². The molecule has 1 aromatic heterocycles. The van der Waals surface area contributed by atoms with E-state index < -0.39 is 15.7 Å². The summed E-state index contributed by atoms with van der Waals surface area (Å²) in [5.74, 6) is -0.558. The van der Waals surface area contributed by atoms with Crippen molar-refractivity contribution in [2.45, 2.75) is 17.2 Å². The van der Waals surface area contributed by atoms with Crippen molar-refractivity contribution in [3.05, 3.63) is 100 Å². The molecule has 0 spiro atoms. The van der Waals surface area contributed by atoms with Gasteiger partial charge in [-0.3, -0.25) is 14.7 Å². The van der Waals surface area contributed by atoms with Gasteiger partial charge in [-0.2, -0.15) is 0 Å². The van der Waals surface area contributed by atoms with Gasteiger partial charge in [0, 0.05) is 44.3 Å². The number of aromatic nitrogens is 1. The van der Waals surface area contributed by atoms with E-state index in [1.165, 1.54) is 13.2 Å². The summed E-state index contributed by atoms with van der Waals surface area (Å²) in [6.45, 7) is 2.83. The lowest BCUT2D eigenvalue weighted by Gasteiger charge is -2.35. The van der Waals surface area contributed by atoms with Gasteiger partial charge in [0.1, 0.15) is 11.6 Å². The highest BCUT2D eigenvalue weighted by molar-refractivity contribution is 7.90. The van der Waals surface area contributed by atoms with Crippen LogP contribution in [0, 0.1) is 5.82 Å². The second-order valence-electron chi connectivity index (χ2n) is 9.44. The van der Waals surface area contributed by atoms with E-state index in [4.69, 9.17) is 16.3 Å². The molecule has 0 bridgehead atoms. The number of pyridine rings is 1. The Morgan fingerprint density at radius 2 is 1.74 bits per heavy atom. The Labute approximate surface area is 231 Å². The van der Waals surface area contributed by atoms with Gasteiger partial charge in [-0.05, 0) is 47.5 Å². The quantitative estimate of drug-likeness (QED) is 0.314. The van der Waals surface area contributed by atoms with Crippen LogP contribution in [0.5, 0.6) is 5.75 Å². The number of methoxy groups -OCH3 is 1. The van der Waals surface area contributed by atoms with E-state index in [-0.39, 0.29) is 21.6 Å². The lowest BCUT2D eigenvalue weighted by atomic mass is 10.1. The first-order chi connectivity index (χ1) is 18.7. The topological polar surface area (TPSA) is 79.8 Å². The maximum atomic E-state index is 13.8. The van der Waals surface area contributed by atoms with Crippen LogP contribution in [0.25, 0.3) is 10.9 Å². The van der Waals surface area contributed by atoms with E-state index in [1.807, 2.05) is 12.1 Å². The fraction of sp³-hybridized carbons (Fsp3) is 0.241. The van der Waals surface area contributed by atoms with Gasteiger partial charge in [0.2, 0.25) is 0 Å². The zero-order valence-electron chi connectivity index (χ0n) is 21.3. The molecule has 1 saturated heterocycles. The molecule has 0 radical (unpaired) electrons. The summed E-state index contributed by atoms with van der Waals surface area (Å²) >= 11 is 5.78. The van der Waals surface area contributed by atoms with Crippen molar-refractivity contribution in [3.8, 4) is 5.75 Å². The van der Waals surface area contributed by atoms with Crippen LogP contribution in [0.15, 0.2) is 77.8 Å². The molecular formula is C29H27ClFN3O4S. The predicted octanol–water partition coefficient (Wildman–Crippen LogP) is 4.97. The van der Waals surface area contributed by atoms with Crippen LogP contribution in [-0.2, 0) is 22.1 Å². The highest BCUT2D eigenvalue weighted by Gasteiger charge is 2.26. The minimum Gasteiger partial charge on any atom is -0.496 e. The molecule has 202 valence electrons. The average molecular weight is 568 g/mol. The van der Waals surface area contributed by atoms with Gasteiger partial charge in [-0.15, -0.1) is 0 Å². The summed E-state index contributed by atoms with van der Waals surface area (Å²) in [5, 5.41) is 0.842. The van der Waals surface area contributed by atoms with Crippen molar-refractivity contribution in [1.82, 2.24) is 14.8 Å². The maximum Gasteiger partial charge on any atom is 0.257 e. The second kappa shape index (κ2) is 11.3. The van der Waals surface area contributed by atoms with E-state index in [9.17, 15) is 17.6 Å². The number of sulfone groups is 1. The molecule has 1 fully saturated rings. The lowest BCUT2D eigenvalue weighted by Crippen LogP contribution is -2.48. The number of carbonyl (C=O) groups excluding carboxylic acids is 1. The number of amides is 1. The van der Waals surface area contributed by atoms with E-state index in [2.05, 4.69) is 9.88 Å². The zero-order chi connectivity index (χ0) is 27.6. The molecule has 39 heavy (non-hydrogen) atoms. The molecule has 5 rings (SSSR count).